The molecule has 1 N–H and O–H groups in total. The fraction of sp³-hybridized carbons (Fsp3) is 0.200. The Morgan fingerprint density at radius 2 is 2.04 bits per heavy atom. The number of non-ortho nitro benzene ring substituents is 1. The Bertz CT molecular complexity index is 1120. The van der Waals surface area contributed by atoms with Gasteiger partial charge < -0.3 is 14.5 Å². The lowest BCUT2D eigenvalue weighted by Gasteiger charge is -2.09. The van der Waals surface area contributed by atoms with Crippen LogP contribution in [0.4, 0.5) is 11.4 Å². The summed E-state index contributed by atoms with van der Waals surface area (Å²) in [7, 11) is 1.53. The molecule has 0 aliphatic rings. The normalized spacial score (nSPS) is 10.6. The second-order valence-electron chi connectivity index (χ2n) is 6.21. The minimum atomic E-state index is -0.533. The number of ether oxygens (including phenoxy) is 1. The predicted octanol–water partition coefficient (Wildman–Crippen LogP) is 3.59. The number of amides is 1. The fourth-order valence-electron chi connectivity index (χ4n) is 2.95. The van der Waals surface area contributed by atoms with E-state index in [1.54, 1.807) is 31.2 Å². The molecule has 0 radical (unpaired) electrons. The molecule has 0 unspecified atom stereocenters. The van der Waals surface area contributed by atoms with Crippen LogP contribution in [0.1, 0.15) is 17.5 Å². The molecule has 28 heavy (non-hydrogen) atoms. The number of hydrogen-bond acceptors (Lipinski definition) is 6. The zero-order chi connectivity index (χ0) is 20.3. The lowest BCUT2D eigenvalue weighted by Crippen LogP contribution is -2.16. The standard InChI is InChI=1S/C20H18N2O6/c1-12-16-7-6-15(27-2)11-18(16)28-20(24)17(12)8-9-19(23)21-13-4-3-5-14(10-13)22(25)26/h3-7,10-11H,8-9H2,1-2H3,(H,21,23). The molecule has 0 fully saturated rings. The third-order valence-corrected chi connectivity index (χ3v) is 4.44. The van der Waals surface area contributed by atoms with Crippen LogP contribution in [-0.2, 0) is 11.2 Å². The maximum absolute atomic E-state index is 12.3. The van der Waals surface area contributed by atoms with Gasteiger partial charge in [0, 0.05) is 41.3 Å². The number of nitro benzene ring substituents is 1. The average Bonchev–Trinajstić information content (AvgIpc) is 2.67. The highest BCUT2D eigenvalue weighted by Crippen LogP contribution is 2.24. The lowest BCUT2D eigenvalue weighted by atomic mass is 10.0. The van der Waals surface area contributed by atoms with Crippen LogP contribution in [0.25, 0.3) is 11.0 Å². The molecule has 144 valence electrons. The van der Waals surface area contributed by atoms with Gasteiger partial charge in [-0.05, 0) is 37.1 Å². The number of rotatable bonds is 6. The molecule has 8 heteroatoms. The number of hydrogen-bond donors (Lipinski definition) is 1. The zero-order valence-electron chi connectivity index (χ0n) is 15.4. The highest BCUT2D eigenvalue weighted by molar-refractivity contribution is 5.91. The van der Waals surface area contributed by atoms with Gasteiger partial charge in [-0.25, -0.2) is 4.79 Å². The Hall–Kier alpha value is -3.68. The van der Waals surface area contributed by atoms with Crippen LogP contribution in [0.3, 0.4) is 0 Å². The van der Waals surface area contributed by atoms with Crippen molar-refractivity contribution in [1.82, 2.24) is 0 Å². The van der Waals surface area contributed by atoms with Gasteiger partial charge in [0.2, 0.25) is 5.91 Å². The number of nitrogens with one attached hydrogen (secondary N) is 1. The number of carbonyl (C=O) groups excluding carboxylic acids is 1. The number of fused-ring (bicyclic) bond motifs is 1. The molecule has 3 aromatic rings. The van der Waals surface area contributed by atoms with E-state index in [4.69, 9.17) is 9.15 Å². The number of methoxy groups -OCH3 is 1. The van der Waals surface area contributed by atoms with Crippen molar-refractivity contribution in [3.05, 3.63) is 74.1 Å². The summed E-state index contributed by atoms with van der Waals surface area (Å²) in [6.45, 7) is 1.81. The summed E-state index contributed by atoms with van der Waals surface area (Å²) >= 11 is 0. The molecule has 1 aromatic heterocycles. The van der Waals surface area contributed by atoms with Crippen LogP contribution >= 0.6 is 0 Å². The number of nitro groups is 1. The van der Waals surface area contributed by atoms with Crippen molar-refractivity contribution in [2.75, 3.05) is 12.4 Å². The van der Waals surface area contributed by atoms with E-state index >= 15 is 0 Å². The second kappa shape index (κ2) is 7.91. The maximum atomic E-state index is 12.3. The molecule has 0 atom stereocenters. The smallest absolute Gasteiger partial charge is 0.339 e. The molecule has 0 saturated heterocycles. The minimum absolute atomic E-state index is 0.0377. The van der Waals surface area contributed by atoms with E-state index in [-0.39, 0.29) is 24.4 Å². The Balaban J connectivity index is 1.76. The number of carbonyl (C=O) groups is 1. The van der Waals surface area contributed by atoms with E-state index in [9.17, 15) is 19.7 Å². The summed E-state index contributed by atoms with van der Waals surface area (Å²) in [4.78, 5) is 34.8. The van der Waals surface area contributed by atoms with Gasteiger partial charge in [-0.15, -0.1) is 0 Å². The summed E-state index contributed by atoms with van der Waals surface area (Å²) in [5, 5.41) is 14.2. The maximum Gasteiger partial charge on any atom is 0.339 e. The van der Waals surface area contributed by atoms with Crippen LogP contribution in [0, 0.1) is 17.0 Å². The fourth-order valence-corrected chi connectivity index (χ4v) is 2.95. The molecule has 0 bridgehead atoms. The Morgan fingerprint density at radius 1 is 1.25 bits per heavy atom. The number of aryl methyl sites for hydroxylation is 1. The number of anilines is 1. The second-order valence-corrected chi connectivity index (χ2v) is 6.21. The van der Waals surface area contributed by atoms with Gasteiger partial charge >= 0.3 is 5.63 Å². The van der Waals surface area contributed by atoms with Gasteiger partial charge in [-0.3, -0.25) is 14.9 Å². The number of nitrogens with zero attached hydrogens (tertiary/aromatic N) is 1. The minimum Gasteiger partial charge on any atom is -0.497 e. The van der Waals surface area contributed by atoms with Gasteiger partial charge in [0.1, 0.15) is 11.3 Å². The molecule has 0 spiro atoms. The molecule has 0 saturated carbocycles. The van der Waals surface area contributed by atoms with Gasteiger partial charge in [0.15, 0.2) is 0 Å². The Morgan fingerprint density at radius 3 is 2.75 bits per heavy atom. The summed E-state index contributed by atoms with van der Waals surface area (Å²) in [5.41, 5.74) is 1.31. The molecule has 1 amide bonds. The van der Waals surface area contributed by atoms with Crippen molar-refractivity contribution in [3.8, 4) is 5.75 Å². The van der Waals surface area contributed by atoms with Gasteiger partial charge in [-0.2, -0.15) is 0 Å². The van der Waals surface area contributed by atoms with Gasteiger partial charge in [0.05, 0.1) is 12.0 Å². The molecule has 8 nitrogen and oxygen atoms in total. The first-order valence-electron chi connectivity index (χ1n) is 8.53. The summed E-state index contributed by atoms with van der Waals surface area (Å²) in [5.74, 6) is 0.230. The third-order valence-electron chi connectivity index (χ3n) is 4.44. The van der Waals surface area contributed by atoms with Crippen LogP contribution < -0.4 is 15.7 Å². The first-order valence-corrected chi connectivity index (χ1v) is 8.53. The highest BCUT2D eigenvalue weighted by Gasteiger charge is 2.14. The molecule has 1 heterocycles. The third kappa shape index (κ3) is 4.01. The molecule has 0 aliphatic heterocycles. The van der Waals surface area contributed by atoms with E-state index < -0.39 is 10.5 Å². The van der Waals surface area contributed by atoms with E-state index in [1.165, 1.54) is 25.3 Å². The van der Waals surface area contributed by atoms with E-state index in [0.29, 0.717) is 22.6 Å². The Labute approximate surface area is 159 Å². The van der Waals surface area contributed by atoms with E-state index in [1.807, 2.05) is 0 Å². The van der Waals surface area contributed by atoms with Crippen LogP contribution in [0.2, 0.25) is 0 Å². The van der Waals surface area contributed by atoms with Crippen LogP contribution in [0.15, 0.2) is 51.7 Å². The highest BCUT2D eigenvalue weighted by atomic mass is 16.6. The molecule has 0 aliphatic carbocycles. The quantitative estimate of drug-likeness (QED) is 0.396. The molecular weight excluding hydrogens is 364 g/mol. The first-order chi connectivity index (χ1) is 13.4. The zero-order valence-corrected chi connectivity index (χ0v) is 15.4. The van der Waals surface area contributed by atoms with E-state index in [2.05, 4.69) is 5.32 Å². The van der Waals surface area contributed by atoms with Gasteiger partial charge in [-0.1, -0.05) is 6.07 Å². The summed E-state index contributed by atoms with van der Waals surface area (Å²) in [6, 6.07) is 10.9. The van der Waals surface area contributed by atoms with Crippen molar-refractivity contribution in [2.45, 2.75) is 19.8 Å². The van der Waals surface area contributed by atoms with Crippen molar-refractivity contribution in [2.24, 2.45) is 0 Å². The SMILES string of the molecule is COc1ccc2c(C)c(CCC(=O)Nc3cccc([N+](=O)[O-])c3)c(=O)oc2c1. The van der Waals surface area contributed by atoms with Crippen molar-refractivity contribution in [1.29, 1.82) is 0 Å². The summed E-state index contributed by atoms with van der Waals surface area (Å²) in [6.07, 6.45) is 0.229. The topological polar surface area (TPSA) is 112 Å². The first kappa shape index (κ1) is 19.1. The monoisotopic (exact) mass is 382 g/mol. The van der Waals surface area contributed by atoms with Crippen LogP contribution in [0.5, 0.6) is 5.75 Å². The largest absolute Gasteiger partial charge is 0.497 e. The Kier molecular flexibility index (Phi) is 5.39. The van der Waals surface area contributed by atoms with Gasteiger partial charge in [0.25, 0.3) is 5.69 Å². The van der Waals surface area contributed by atoms with Crippen molar-refractivity contribution in [3.63, 3.8) is 0 Å². The lowest BCUT2D eigenvalue weighted by molar-refractivity contribution is -0.384. The summed E-state index contributed by atoms with van der Waals surface area (Å²) < 4.78 is 10.5. The van der Waals surface area contributed by atoms with Crippen molar-refractivity contribution >= 4 is 28.3 Å². The molecule has 2 aromatic carbocycles. The predicted molar refractivity (Wildman–Crippen MR) is 104 cm³/mol. The number of benzene rings is 2. The van der Waals surface area contributed by atoms with E-state index in [0.717, 1.165) is 10.9 Å². The van der Waals surface area contributed by atoms with Crippen molar-refractivity contribution < 1.29 is 18.9 Å². The molecular formula is C20H18N2O6. The van der Waals surface area contributed by atoms with Crippen LogP contribution in [-0.4, -0.2) is 17.9 Å². The average molecular weight is 382 g/mol. The molecule has 3 rings (SSSR count).